The minimum Gasteiger partial charge on any atom is -0.493 e. The first-order valence-corrected chi connectivity index (χ1v) is 10.1. The quantitative estimate of drug-likeness (QED) is 0.177. The average molecular weight is 506 g/mol. The number of guanidine groups is 1. The molecular weight excluding hydrogens is 467 g/mol. The summed E-state index contributed by atoms with van der Waals surface area (Å²) in [5, 5.41) is 6.64. The summed E-state index contributed by atoms with van der Waals surface area (Å²) in [7, 11) is 5.91. The molecule has 1 aromatic carbocycles. The molecule has 1 aromatic rings. The molecule has 0 saturated carbocycles. The molecule has 0 fully saturated rings. The Morgan fingerprint density at radius 3 is 2.39 bits per heavy atom. The number of methoxy groups -OCH3 is 1. The lowest BCUT2D eigenvalue weighted by molar-refractivity contribution is 0.311. The van der Waals surface area contributed by atoms with E-state index in [1.165, 1.54) is 32.2 Å². The third-order valence-corrected chi connectivity index (χ3v) is 4.10. The Kier molecular flexibility index (Phi) is 16.0. The molecule has 0 unspecified atom stereocenters. The Morgan fingerprint density at radius 2 is 1.75 bits per heavy atom. The maximum absolute atomic E-state index is 5.57. The van der Waals surface area contributed by atoms with E-state index in [1.807, 2.05) is 25.1 Å². The molecule has 0 aliphatic rings. The second-order valence-corrected chi connectivity index (χ2v) is 6.76. The van der Waals surface area contributed by atoms with Crippen molar-refractivity contribution in [3.63, 3.8) is 0 Å². The second kappa shape index (κ2) is 16.7. The van der Waals surface area contributed by atoms with Crippen molar-refractivity contribution in [3.05, 3.63) is 18.2 Å². The first-order valence-electron chi connectivity index (χ1n) is 10.1. The summed E-state index contributed by atoms with van der Waals surface area (Å²) in [5.74, 6) is 2.27. The fraction of sp³-hybridized carbons (Fsp3) is 0.667. The van der Waals surface area contributed by atoms with Gasteiger partial charge in [0, 0.05) is 24.8 Å². The summed E-state index contributed by atoms with van der Waals surface area (Å²) in [6.45, 7) is 7.48. The van der Waals surface area contributed by atoms with Gasteiger partial charge in [0.15, 0.2) is 17.5 Å². The highest BCUT2D eigenvalue weighted by Crippen LogP contribution is 2.30. The molecule has 0 heterocycles. The van der Waals surface area contributed by atoms with Crippen LogP contribution in [0.2, 0.25) is 0 Å². The second-order valence-electron chi connectivity index (χ2n) is 6.76. The zero-order chi connectivity index (χ0) is 19.9. The van der Waals surface area contributed by atoms with Crippen molar-refractivity contribution in [1.82, 2.24) is 10.2 Å². The maximum atomic E-state index is 5.57. The number of aliphatic imine (C=N–C) groups is 1. The lowest BCUT2D eigenvalue weighted by Gasteiger charge is -2.14. The molecule has 0 radical (unpaired) electrons. The number of benzene rings is 1. The van der Waals surface area contributed by atoms with E-state index >= 15 is 0 Å². The number of halogens is 1. The van der Waals surface area contributed by atoms with E-state index in [0.717, 1.165) is 42.7 Å². The number of hydrogen-bond acceptors (Lipinski definition) is 4. The highest BCUT2D eigenvalue weighted by Gasteiger charge is 2.06. The van der Waals surface area contributed by atoms with E-state index in [1.54, 1.807) is 7.11 Å². The highest BCUT2D eigenvalue weighted by molar-refractivity contribution is 14.0. The van der Waals surface area contributed by atoms with E-state index in [2.05, 4.69) is 41.5 Å². The number of hydrogen-bond donors (Lipinski definition) is 2. The molecule has 0 spiro atoms. The van der Waals surface area contributed by atoms with Crippen LogP contribution in [0.5, 0.6) is 11.5 Å². The van der Waals surface area contributed by atoms with Crippen LogP contribution in [0.15, 0.2) is 23.2 Å². The predicted octanol–water partition coefficient (Wildman–Crippen LogP) is 4.60. The number of ether oxygens (including phenoxy) is 2. The summed E-state index contributed by atoms with van der Waals surface area (Å²) in [6.07, 6.45) is 6.20. The number of rotatable bonds is 13. The lowest BCUT2D eigenvalue weighted by Crippen LogP contribution is -2.30. The number of unbranched alkanes of at least 4 members (excludes halogenated alkanes) is 4. The van der Waals surface area contributed by atoms with E-state index in [-0.39, 0.29) is 24.0 Å². The Labute approximate surface area is 188 Å². The topological polar surface area (TPSA) is 58.1 Å². The van der Waals surface area contributed by atoms with Gasteiger partial charge in [-0.1, -0.05) is 19.3 Å². The van der Waals surface area contributed by atoms with Gasteiger partial charge in [-0.15, -0.1) is 24.0 Å². The van der Waals surface area contributed by atoms with Crippen LogP contribution in [-0.2, 0) is 0 Å². The van der Waals surface area contributed by atoms with Gasteiger partial charge in [0.2, 0.25) is 0 Å². The molecule has 0 aromatic heterocycles. The zero-order valence-electron chi connectivity index (χ0n) is 18.2. The largest absolute Gasteiger partial charge is 0.493 e. The molecule has 1 rings (SSSR count). The van der Waals surface area contributed by atoms with Crippen molar-refractivity contribution >= 4 is 35.6 Å². The molecule has 6 nitrogen and oxygen atoms in total. The highest BCUT2D eigenvalue weighted by atomic mass is 127. The summed E-state index contributed by atoms with van der Waals surface area (Å²) in [5.41, 5.74) is 0.929. The standard InChI is InChI=1S/C21H38N4O2.HI/c1-6-22-21(23-15-11-9-8-10-12-16-25(3)4)24-18-13-14-19(27-7-2)20(17-18)26-5;/h13-14,17H,6-12,15-16H2,1-5H3,(H2,22,23,24);1H. The molecule has 0 atom stereocenters. The molecule has 7 heteroatoms. The third kappa shape index (κ3) is 11.6. The van der Waals surface area contributed by atoms with E-state index < -0.39 is 0 Å². The first kappa shape index (κ1) is 26.8. The molecule has 2 N–H and O–H groups in total. The fourth-order valence-corrected chi connectivity index (χ4v) is 2.72. The van der Waals surface area contributed by atoms with Crippen molar-refractivity contribution < 1.29 is 9.47 Å². The van der Waals surface area contributed by atoms with Gasteiger partial charge >= 0.3 is 0 Å². The van der Waals surface area contributed by atoms with Gasteiger partial charge in [-0.05, 0) is 59.5 Å². The smallest absolute Gasteiger partial charge is 0.195 e. The maximum Gasteiger partial charge on any atom is 0.195 e. The Hall–Kier alpha value is -1.22. The minimum absolute atomic E-state index is 0. The van der Waals surface area contributed by atoms with Crippen molar-refractivity contribution in [1.29, 1.82) is 0 Å². The number of nitrogens with one attached hydrogen (secondary N) is 2. The van der Waals surface area contributed by atoms with E-state index in [0.29, 0.717) is 6.61 Å². The molecule has 0 aliphatic carbocycles. The summed E-state index contributed by atoms with van der Waals surface area (Å²) in [4.78, 5) is 6.93. The van der Waals surface area contributed by atoms with E-state index in [4.69, 9.17) is 9.47 Å². The summed E-state index contributed by atoms with van der Waals surface area (Å²) < 4.78 is 11.0. The van der Waals surface area contributed by atoms with Gasteiger partial charge in [-0.25, -0.2) is 0 Å². The normalized spacial score (nSPS) is 11.1. The van der Waals surface area contributed by atoms with Gasteiger partial charge < -0.3 is 25.0 Å². The molecule has 162 valence electrons. The summed E-state index contributed by atoms with van der Waals surface area (Å²) in [6, 6.07) is 5.83. The molecule has 0 aliphatic heterocycles. The summed E-state index contributed by atoms with van der Waals surface area (Å²) >= 11 is 0. The van der Waals surface area contributed by atoms with Crippen LogP contribution < -0.4 is 20.1 Å². The van der Waals surface area contributed by atoms with Crippen LogP contribution >= 0.6 is 24.0 Å². The Balaban J connectivity index is 0.00000729. The van der Waals surface area contributed by atoms with Gasteiger partial charge in [0.1, 0.15) is 0 Å². The lowest BCUT2D eigenvalue weighted by atomic mass is 10.1. The van der Waals surface area contributed by atoms with Gasteiger partial charge in [0.25, 0.3) is 0 Å². The Bertz CT molecular complexity index is 553. The molecule has 0 saturated heterocycles. The van der Waals surface area contributed by atoms with E-state index in [9.17, 15) is 0 Å². The van der Waals surface area contributed by atoms with Crippen LogP contribution in [0.1, 0.15) is 46.0 Å². The van der Waals surface area contributed by atoms with Crippen LogP contribution in [0.3, 0.4) is 0 Å². The van der Waals surface area contributed by atoms with Crippen LogP contribution in [0.4, 0.5) is 5.69 Å². The molecule has 28 heavy (non-hydrogen) atoms. The van der Waals surface area contributed by atoms with Gasteiger partial charge in [-0.3, -0.25) is 4.99 Å². The predicted molar refractivity (Wildman–Crippen MR) is 131 cm³/mol. The van der Waals surface area contributed by atoms with Crippen molar-refractivity contribution in [2.75, 3.05) is 52.8 Å². The zero-order valence-corrected chi connectivity index (χ0v) is 20.5. The Morgan fingerprint density at radius 1 is 1.04 bits per heavy atom. The van der Waals surface area contributed by atoms with Crippen molar-refractivity contribution in [2.45, 2.75) is 46.0 Å². The van der Waals surface area contributed by atoms with Crippen LogP contribution in [0, 0.1) is 0 Å². The molecule has 0 bridgehead atoms. The van der Waals surface area contributed by atoms with Crippen molar-refractivity contribution in [2.24, 2.45) is 4.99 Å². The fourth-order valence-electron chi connectivity index (χ4n) is 2.72. The minimum atomic E-state index is 0. The average Bonchev–Trinajstić information content (AvgIpc) is 2.65. The monoisotopic (exact) mass is 506 g/mol. The van der Waals surface area contributed by atoms with Gasteiger partial charge in [-0.2, -0.15) is 0 Å². The van der Waals surface area contributed by atoms with Gasteiger partial charge in [0.05, 0.1) is 13.7 Å². The van der Waals surface area contributed by atoms with Crippen LogP contribution in [-0.4, -0.2) is 58.3 Å². The SMILES string of the molecule is CCNC(=NCCCCCCCN(C)C)Nc1ccc(OCC)c(OC)c1.I. The third-order valence-electron chi connectivity index (χ3n) is 4.10. The number of anilines is 1. The van der Waals surface area contributed by atoms with Crippen LogP contribution in [0.25, 0.3) is 0 Å². The van der Waals surface area contributed by atoms with Crippen molar-refractivity contribution in [3.8, 4) is 11.5 Å². The first-order chi connectivity index (χ1) is 13.1. The number of nitrogens with zero attached hydrogens (tertiary/aromatic N) is 2. The molecular formula is C21H39IN4O2. The molecule has 0 amide bonds.